The minimum atomic E-state index is -1.98. The normalized spacial score (nSPS) is 25.1. The zero-order chi connectivity index (χ0) is 81.7. The SMILES string of the molecule is CC/C=C\C/C=C\C/C=C\C/C=C\CCCCCCCCCCCCCCCCCCCCCCCCCCCCC(=O)NC(COC1OC(CO)C(OC2OC(CO)C(OC3OC(CO)C(O)C(O)C3O)C(O)C2O)C(O)C1O)C(O)/C=C/CCCCCCCCCCCCCCCCCCCCCCCCCCCCC. The topological polar surface area (TPSA) is 307 Å². The van der Waals surface area contributed by atoms with Crippen LogP contribution in [0.5, 0.6) is 0 Å². The largest absolute Gasteiger partial charge is 0.394 e. The molecule has 0 aromatic carbocycles. The van der Waals surface area contributed by atoms with Gasteiger partial charge in [0, 0.05) is 6.42 Å². The first-order valence-corrected chi connectivity index (χ1v) is 47.0. The van der Waals surface area contributed by atoms with Crippen molar-refractivity contribution in [3.05, 3.63) is 60.8 Å². The summed E-state index contributed by atoms with van der Waals surface area (Å²) in [5, 5.41) is 121. The van der Waals surface area contributed by atoms with Crippen molar-refractivity contribution in [3.63, 3.8) is 0 Å². The first-order valence-electron chi connectivity index (χ1n) is 47.0. The van der Waals surface area contributed by atoms with Crippen LogP contribution in [0.15, 0.2) is 60.8 Å². The summed E-state index contributed by atoms with van der Waals surface area (Å²) in [6, 6.07) is -0.975. The molecule has 113 heavy (non-hydrogen) atoms. The Morgan fingerprint density at radius 1 is 0.327 bits per heavy atom. The lowest BCUT2D eigenvalue weighted by atomic mass is 9.96. The standard InChI is InChI=1S/C94H173NO18/c1-3-5-7-9-11-13-15-17-19-21-23-25-27-29-31-33-34-35-36-37-38-39-40-41-42-44-46-48-50-52-54-56-58-60-62-64-66-68-70-72-82(100)95-77(78(99)71-69-67-65-63-61-59-57-55-53-51-49-47-45-43-32-30-28-26-24-22-20-18-16-14-12-10-8-6-4-2)76-108-92-88(106)85(103)90(80(74-97)110-92)113-94-89(107)86(104)91(81(75-98)111-94)112-93-87(105)84(102)83(101)79(73-96)109-93/h5,7,11,13,17,19,23,25,69,71,77-81,83-94,96-99,101-107H,3-4,6,8-10,12,14-16,18,20-22,24,26-68,70,72-76H2,1-2H3,(H,95,100)/b7-5-,13-11-,19-17-,25-23-,71-69+. The zero-order valence-corrected chi connectivity index (χ0v) is 71.6. The zero-order valence-electron chi connectivity index (χ0n) is 71.6. The van der Waals surface area contributed by atoms with Gasteiger partial charge < -0.3 is 89.9 Å². The van der Waals surface area contributed by atoms with E-state index in [1.54, 1.807) is 6.08 Å². The molecule has 19 nitrogen and oxygen atoms in total. The molecule has 3 aliphatic rings. The van der Waals surface area contributed by atoms with E-state index in [1.165, 1.54) is 302 Å². The Bertz CT molecular complexity index is 2270. The van der Waals surface area contributed by atoms with Gasteiger partial charge in [-0.25, -0.2) is 0 Å². The molecule has 3 fully saturated rings. The lowest BCUT2D eigenvalue weighted by molar-refractivity contribution is -0.379. The maximum Gasteiger partial charge on any atom is 0.220 e. The van der Waals surface area contributed by atoms with Crippen molar-refractivity contribution in [1.82, 2.24) is 5.32 Å². The van der Waals surface area contributed by atoms with Crippen molar-refractivity contribution < 1.29 is 89.4 Å². The molecule has 0 aromatic rings. The second-order valence-electron chi connectivity index (χ2n) is 33.5. The number of hydrogen-bond donors (Lipinski definition) is 12. The molecule has 3 heterocycles. The van der Waals surface area contributed by atoms with Crippen LogP contribution in [-0.2, 0) is 33.2 Å². The molecular weight excluding hydrogens is 1430 g/mol. The Hall–Kier alpha value is -2.51. The summed E-state index contributed by atoms with van der Waals surface area (Å²) in [6.07, 6.45) is 71.0. The summed E-state index contributed by atoms with van der Waals surface area (Å²) in [5.74, 6) is -0.267. The third kappa shape index (κ3) is 51.7. The maximum absolute atomic E-state index is 13.5. The molecule has 17 unspecified atom stereocenters. The van der Waals surface area contributed by atoms with Crippen molar-refractivity contribution in [2.45, 2.75) is 503 Å². The van der Waals surface area contributed by atoms with E-state index in [9.17, 15) is 61.0 Å². The van der Waals surface area contributed by atoms with Crippen molar-refractivity contribution in [1.29, 1.82) is 0 Å². The molecule has 662 valence electrons. The predicted molar refractivity (Wildman–Crippen MR) is 457 cm³/mol. The van der Waals surface area contributed by atoms with Gasteiger partial charge in [-0.1, -0.05) is 396 Å². The Balaban J connectivity index is 1.30. The van der Waals surface area contributed by atoms with Gasteiger partial charge in [0.1, 0.15) is 73.2 Å². The number of rotatable bonds is 77. The predicted octanol–water partition coefficient (Wildman–Crippen LogP) is 18.5. The van der Waals surface area contributed by atoms with E-state index in [0.29, 0.717) is 6.42 Å². The highest BCUT2D eigenvalue weighted by atomic mass is 16.8. The molecule has 0 saturated carbocycles. The minimum absolute atomic E-state index is 0.247. The number of carbonyl (C=O) groups excluding carboxylic acids is 1. The number of amides is 1. The Labute approximate surface area is 687 Å². The molecule has 3 aliphatic heterocycles. The van der Waals surface area contributed by atoms with Crippen LogP contribution in [0.1, 0.15) is 399 Å². The number of aliphatic hydroxyl groups excluding tert-OH is 11. The van der Waals surface area contributed by atoms with Crippen LogP contribution in [0.3, 0.4) is 0 Å². The second-order valence-corrected chi connectivity index (χ2v) is 33.5. The molecule has 0 aliphatic carbocycles. The van der Waals surface area contributed by atoms with E-state index < -0.39 is 124 Å². The van der Waals surface area contributed by atoms with Crippen LogP contribution in [0.2, 0.25) is 0 Å². The van der Waals surface area contributed by atoms with Gasteiger partial charge in [-0.2, -0.15) is 0 Å². The third-order valence-electron chi connectivity index (χ3n) is 23.3. The number of aliphatic hydroxyl groups is 11. The number of ether oxygens (including phenoxy) is 6. The maximum atomic E-state index is 13.5. The van der Waals surface area contributed by atoms with Gasteiger partial charge in [-0.05, 0) is 57.8 Å². The Kier molecular flexibility index (Phi) is 68.0. The molecule has 0 radical (unpaired) electrons. The quantitative estimate of drug-likeness (QED) is 0.0199. The van der Waals surface area contributed by atoms with Crippen LogP contribution in [0.25, 0.3) is 0 Å². The van der Waals surface area contributed by atoms with E-state index in [-0.39, 0.29) is 18.9 Å². The smallest absolute Gasteiger partial charge is 0.220 e. The molecule has 0 spiro atoms. The molecule has 3 saturated heterocycles. The summed E-state index contributed by atoms with van der Waals surface area (Å²) in [5.41, 5.74) is 0. The number of unbranched alkanes of at least 4 members (excludes halogenated alkanes) is 53. The lowest BCUT2D eigenvalue weighted by Gasteiger charge is -2.48. The Morgan fingerprint density at radius 3 is 0.956 bits per heavy atom. The number of nitrogens with one attached hydrogen (secondary N) is 1. The molecule has 0 bridgehead atoms. The molecule has 12 N–H and O–H groups in total. The molecular formula is C94H173NO18. The summed E-state index contributed by atoms with van der Waals surface area (Å²) < 4.78 is 34.6. The lowest BCUT2D eigenvalue weighted by Crippen LogP contribution is -2.66. The van der Waals surface area contributed by atoms with E-state index in [1.807, 2.05) is 6.08 Å². The van der Waals surface area contributed by atoms with E-state index in [4.69, 9.17) is 28.4 Å². The first kappa shape index (κ1) is 105. The van der Waals surface area contributed by atoms with Crippen molar-refractivity contribution in [3.8, 4) is 0 Å². The van der Waals surface area contributed by atoms with Gasteiger partial charge in [-0.3, -0.25) is 4.79 Å². The summed E-state index contributed by atoms with van der Waals surface area (Å²) in [6.45, 7) is 1.69. The van der Waals surface area contributed by atoms with Gasteiger partial charge in [0.15, 0.2) is 18.9 Å². The van der Waals surface area contributed by atoms with Gasteiger partial charge in [0.2, 0.25) is 5.91 Å². The molecule has 0 aromatic heterocycles. The van der Waals surface area contributed by atoms with Crippen molar-refractivity contribution in [2.24, 2.45) is 0 Å². The monoisotopic (exact) mass is 1600 g/mol. The number of hydrogen-bond acceptors (Lipinski definition) is 18. The first-order chi connectivity index (χ1) is 55.3. The van der Waals surface area contributed by atoms with Gasteiger partial charge in [0.25, 0.3) is 0 Å². The molecule has 1 amide bonds. The van der Waals surface area contributed by atoms with Crippen molar-refractivity contribution in [2.75, 3.05) is 26.4 Å². The van der Waals surface area contributed by atoms with Crippen LogP contribution in [-0.4, -0.2) is 193 Å². The summed E-state index contributed by atoms with van der Waals surface area (Å²) in [7, 11) is 0. The summed E-state index contributed by atoms with van der Waals surface area (Å²) in [4.78, 5) is 13.5. The third-order valence-corrected chi connectivity index (χ3v) is 23.3. The van der Waals surface area contributed by atoms with E-state index >= 15 is 0 Å². The number of allylic oxidation sites excluding steroid dienone is 9. The van der Waals surface area contributed by atoms with Crippen LogP contribution < -0.4 is 5.32 Å². The van der Waals surface area contributed by atoms with Gasteiger partial charge in [0.05, 0.1) is 38.6 Å². The van der Waals surface area contributed by atoms with E-state index in [2.05, 4.69) is 67.8 Å². The fourth-order valence-corrected chi connectivity index (χ4v) is 15.9. The average Bonchev–Trinajstić information content (AvgIpc) is 0.780. The fraction of sp³-hybridized carbons (Fsp3) is 0.883. The van der Waals surface area contributed by atoms with Gasteiger partial charge in [-0.15, -0.1) is 0 Å². The van der Waals surface area contributed by atoms with Gasteiger partial charge >= 0.3 is 0 Å². The fourth-order valence-electron chi connectivity index (χ4n) is 15.9. The van der Waals surface area contributed by atoms with Crippen LogP contribution in [0.4, 0.5) is 0 Å². The van der Waals surface area contributed by atoms with Crippen molar-refractivity contribution >= 4 is 5.91 Å². The van der Waals surface area contributed by atoms with Crippen LogP contribution >= 0.6 is 0 Å². The van der Waals surface area contributed by atoms with Crippen LogP contribution in [0, 0.1) is 0 Å². The molecule has 19 heteroatoms. The molecule has 3 rings (SSSR count). The van der Waals surface area contributed by atoms with E-state index in [0.717, 1.165) is 70.6 Å². The number of carbonyl (C=O) groups is 1. The summed E-state index contributed by atoms with van der Waals surface area (Å²) >= 11 is 0. The highest BCUT2D eigenvalue weighted by Gasteiger charge is 2.54. The highest BCUT2D eigenvalue weighted by molar-refractivity contribution is 5.76. The molecule has 17 atom stereocenters. The highest BCUT2D eigenvalue weighted by Crippen LogP contribution is 2.34. The second kappa shape index (κ2) is 73.4. The minimum Gasteiger partial charge on any atom is -0.394 e. The Morgan fingerprint density at radius 2 is 0.611 bits per heavy atom. The average molecular weight is 1610 g/mol.